The van der Waals surface area contributed by atoms with E-state index < -0.39 is 0 Å². The van der Waals surface area contributed by atoms with Gasteiger partial charge in [0.2, 0.25) is 5.91 Å². The van der Waals surface area contributed by atoms with Crippen LogP contribution in [0.1, 0.15) is 26.7 Å². The van der Waals surface area contributed by atoms with Crippen LogP contribution in [0.4, 0.5) is 0 Å². The van der Waals surface area contributed by atoms with Gasteiger partial charge in [-0.25, -0.2) is 0 Å². The molecule has 0 radical (unpaired) electrons. The molecular weight excluding hydrogens is 192 g/mol. The Morgan fingerprint density at radius 2 is 2.40 bits per heavy atom. The molecular formula is C11H22N2O2. The van der Waals surface area contributed by atoms with Gasteiger partial charge in [-0.1, -0.05) is 13.8 Å². The zero-order chi connectivity index (χ0) is 11.3. The summed E-state index contributed by atoms with van der Waals surface area (Å²) in [7, 11) is 0. The van der Waals surface area contributed by atoms with E-state index in [1.165, 1.54) is 0 Å². The molecule has 0 aromatic heterocycles. The molecule has 15 heavy (non-hydrogen) atoms. The van der Waals surface area contributed by atoms with E-state index in [2.05, 4.69) is 6.92 Å². The first kappa shape index (κ1) is 12.5. The lowest BCUT2D eigenvalue weighted by Crippen LogP contribution is -2.47. The molecule has 0 aliphatic carbocycles. The summed E-state index contributed by atoms with van der Waals surface area (Å²) < 4.78 is 5.53. The minimum atomic E-state index is 0.0469. The average molecular weight is 214 g/mol. The van der Waals surface area contributed by atoms with E-state index in [1.807, 2.05) is 11.8 Å². The zero-order valence-electron chi connectivity index (χ0n) is 9.74. The number of nitrogens with two attached hydrogens (primary N) is 1. The zero-order valence-corrected chi connectivity index (χ0v) is 9.74. The number of ether oxygens (including phenoxy) is 1. The summed E-state index contributed by atoms with van der Waals surface area (Å²) in [6.07, 6.45) is 1.95. The molecule has 0 saturated carbocycles. The van der Waals surface area contributed by atoms with Crippen molar-refractivity contribution in [3.05, 3.63) is 0 Å². The molecule has 0 aromatic rings. The van der Waals surface area contributed by atoms with Gasteiger partial charge in [0.05, 0.1) is 12.7 Å². The van der Waals surface area contributed by atoms with Crippen molar-refractivity contribution in [3.8, 4) is 0 Å². The van der Waals surface area contributed by atoms with E-state index >= 15 is 0 Å². The molecule has 2 atom stereocenters. The van der Waals surface area contributed by atoms with Crippen LogP contribution in [0.5, 0.6) is 0 Å². The molecule has 88 valence electrons. The second-order valence-corrected chi connectivity index (χ2v) is 4.16. The number of hydrogen-bond donors (Lipinski definition) is 1. The maximum absolute atomic E-state index is 12.0. The number of amides is 1. The second kappa shape index (κ2) is 6.08. The van der Waals surface area contributed by atoms with Gasteiger partial charge in [0.15, 0.2) is 0 Å². The number of hydrogen-bond acceptors (Lipinski definition) is 3. The molecule has 1 fully saturated rings. The third-order valence-corrected chi connectivity index (χ3v) is 2.93. The molecule has 2 unspecified atom stereocenters. The average Bonchev–Trinajstić information content (AvgIpc) is 2.28. The predicted molar refractivity (Wildman–Crippen MR) is 59.4 cm³/mol. The summed E-state index contributed by atoms with van der Waals surface area (Å²) in [5.74, 6) is 0.271. The van der Waals surface area contributed by atoms with Crippen LogP contribution < -0.4 is 5.73 Å². The van der Waals surface area contributed by atoms with Crippen molar-refractivity contribution in [2.45, 2.75) is 32.8 Å². The lowest BCUT2D eigenvalue weighted by molar-refractivity contribution is -0.142. The summed E-state index contributed by atoms with van der Waals surface area (Å²) in [6.45, 7) is 6.75. The van der Waals surface area contributed by atoms with Crippen LogP contribution in [-0.2, 0) is 9.53 Å². The van der Waals surface area contributed by atoms with Crippen LogP contribution >= 0.6 is 0 Å². The number of morpholine rings is 1. The Kier molecular flexibility index (Phi) is 5.05. The summed E-state index contributed by atoms with van der Waals surface area (Å²) in [4.78, 5) is 13.9. The smallest absolute Gasteiger partial charge is 0.225 e. The van der Waals surface area contributed by atoms with Gasteiger partial charge >= 0.3 is 0 Å². The molecule has 1 saturated heterocycles. The highest BCUT2D eigenvalue weighted by atomic mass is 16.5. The van der Waals surface area contributed by atoms with Gasteiger partial charge in [-0.15, -0.1) is 0 Å². The van der Waals surface area contributed by atoms with E-state index in [4.69, 9.17) is 10.5 Å². The van der Waals surface area contributed by atoms with Gasteiger partial charge in [0, 0.05) is 19.0 Å². The van der Waals surface area contributed by atoms with E-state index in [9.17, 15) is 4.79 Å². The Morgan fingerprint density at radius 3 is 3.00 bits per heavy atom. The molecule has 1 heterocycles. The van der Waals surface area contributed by atoms with Crippen molar-refractivity contribution in [2.75, 3.05) is 26.2 Å². The molecule has 1 amide bonds. The summed E-state index contributed by atoms with van der Waals surface area (Å²) in [5.41, 5.74) is 5.45. The highest BCUT2D eigenvalue weighted by Crippen LogP contribution is 2.13. The van der Waals surface area contributed by atoms with Gasteiger partial charge in [0.1, 0.15) is 0 Å². The van der Waals surface area contributed by atoms with Crippen molar-refractivity contribution < 1.29 is 9.53 Å². The number of carbonyl (C=O) groups is 1. The molecule has 4 nitrogen and oxygen atoms in total. The first-order valence-electron chi connectivity index (χ1n) is 5.79. The van der Waals surface area contributed by atoms with Gasteiger partial charge in [-0.05, 0) is 19.4 Å². The van der Waals surface area contributed by atoms with E-state index in [0.29, 0.717) is 13.2 Å². The lowest BCUT2D eigenvalue weighted by Gasteiger charge is -2.34. The topological polar surface area (TPSA) is 55.6 Å². The second-order valence-electron chi connectivity index (χ2n) is 4.16. The van der Waals surface area contributed by atoms with Crippen LogP contribution in [0.2, 0.25) is 0 Å². The van der Waals surface area contributed by atoms with Crippen molar-refractivity contribution in [1.82, 2.24) is 4.90 Å². The van der Waals surface area contributed by atoms with Gasteiger partial charge in [0.25, 0.3) is 0 Å². The molecule has 1 rings (SSSR count). The normalized spacial score (nSPS) is 23.9. The summed E-state index contributed by atoms with van der Waals surface area (Å²) in [5, 5.41) is 0. The third-order valence-electron chi connectivity index (χ3n) is 2.93. The molecule has 1 aliphatic heterocycles. The first-order valence-corrected chi connectivity index (χ1v) is 5.79. The lowest BCUT2D eigenvalue weighted by atomic mass is 10.1. The fourth-order valence-corrected chi connectivity index (χ4v) is 1.85. The standard InChI is InChI=1S/C11H22N2O2/c1-3-10-8-13(6-7-15-10)11(14)9(2)4-5-12/h9-10H,3-8,12H2,1-2H3. The molecule has 0 spiro atoms. The van der Waals surface area contributed by atoms with Gasteiger partial charge in [-0.2, -0.15) is 0 Å². The molecule has 1 aliphatic rings. The van der Waals surface area contributed by atoms with Crippen LogP contribution in [-0.4, -0.2) is 43.2 Å². The molecule has 0 bridgehead atoms. The van der Waals surface area contributed by atoms with Crippen molar-refractivity contribution in [1.29, 1.82) is 0 Å². The number of rotatable bonds is 4. The van der Waals surface area contributed by atoms with Crippen molar-refractivity contribution >= 4 is 5.91 Å². The molecule has 4 heteroatoms. The molecule has 0 aromatic carbocycles. The SMILES string of the molecule is CCC1CN(C(=O)C(C)CCN)CCO1. The van der Waals surface area contributed by atoms with Gasteiger partial charge < -0.3 is 15.4 Å². The Hall–Kier alpha value is -0.610. The number of nitrogens with zero attached hydrogens (tertiary/aromatic N) is 1. The first-order chi connectivity index (χ1) is 7.19. The Bertz CT molecular complexity index is 209. The van der Waals surface area contributed by atoms with Crippen LogP contribution in [0.3, 0.4) is 0 Å². The van der Waals surface area contributed by atoms with Gasteiger partial charge in [-0.3, -0.25) is 4.79 Å². The predicted octanol–water partition coefficient (Wildman–Crippen LogP) is 0.609. The summed E-state index contributed by atoms with van der Waals surface area (Å²) >= 11 is 0. The minimum absolute atomic E-state index is 0.0469. The Balaban J connectivity index is 2.44. The maximum atomic E-state index is 12.0. The largest absolute Gasteiger partial charge is 0.375 e. The van der Waals surface area contributed by atoms with E-state index in [-0.39, 0.29) is 17.9 Å². The maximum Gasteiger partial charge on any atom is 0.225 e. The quantitative estimate of drug-likeness (QED) is 0.746. The van der Waals surface area contributed by atoms with Crippen molar-refractivity contribution in [2.24, 2.45) is 11.7 Å². The van der Waals surface area contributed by atoms with E-state index in [0.717, 1.165) is 25.9 Å². The Morgan fingerprint density at radius 1 is 1.67 bits per heavy atom. The molecule has 2 N–H and O–H groups in total. The fraction of sp³-hybridized carbons (Fsp3) is 0.909. The summed E-state index contributed by atoms with van der Waals surface area (Å²) in [6, 6.07) is 0. The highest BCUT2D eigenvalue weighted by molar-refractivity contribution is 5.78. The number of carbonyl (C=O) groups excluding carboxylic acids is 1. The van der Waals surface area contributed by atoms with E-state index in [1.54, 1.807) is 0 Å². The van der Waals surface area contributed by atoms with Crippen LogP contribution in [0, 0.1) is 5.92 Å². The van der Waals surface area contributed by atoms with Crippen molar-refractivity contribution in [3.63, 3.8) is 0 Å². The highest BCUT2D eigenvalue weighted by Gasteiger charge is 2.25. The minimum Gasteiger partial charge on any atom is -0.375 e. The third kappa shape index (κ3) is 3.47. The monoisotopic (exact) mass is 214 g/mol. The van der Waals surface area contributed by atoms with Crippen LogP contribution in [0.25, 0.3) is 0 Å². The van der Waals surface area contributed by atoms with Crippen LogP contribution in [0.15, 0.2) is 0 Å². The Labute approximate surface area is 91.8 Å². The fourth-order valence-electron chi connectivity index (χ4n) is 1.85.